The molecule has 3 N–H and O–H groups in total. The summed E-state index contributed by atoms with van der Waals surface area (Å²) in [6.07, 6.45) is 1.71. The average Bonchev–Trinajstić information content (AvgIpc) is 2.36. The summed E-state index contributed by atoms with van der Waals surface area (Å²) >= 11 is 0. The number of rotatable bonds is 2. The summed E-state index contributed by atoms with van der Waals surface area (Å²) in [7, 11) is 0. The highest BCUT2D eigenvalue weighted by atomic mass is 16.1. The Morgan fingerprint density at radius 2 is 1.89 bits per heavy atom. The molecular formula is C15H17N3O. The number of nitrogens with one attached hydrogen (secondary N) is 1. The molecule has 1 aromatic carbocycles. The molecule has 98 valence electrons. The molecule has 2 rings (SSSR count). The molecule has 0 aliphatic rings. The quantitative estimate of drug-likeness (QED) is 0.811. The molecule has 4 nitrogen and oxygen atoms in total. The summed E-state index contributed by atoms with van der Waals surface area (Å²) in [6, 6.07) is 7.29. The minimum Gasteiger partial charge on any atom is -0.398 e. The number of nitrogen functional groups attached to an aromatic ring is 1. The van der Waals surface area contributed by atoms with Gasteiger partial charge in [0, 0.05) is 17.4 Å². The Labute approximate surface area is 112 Å². The van der Waals surface area contributed by atoms with E-state index in [2.05, 4.69) is 10.3 Å². The number of nitrogens with two attached hydrogens (primary N) is 1. The Hall–Kier alpha value is -2.36. The van der Waals surface area contributed by atoms with Crippen molar-refractivity contribution in [1.29, 1.82) is 0 Å². The molecule has 4 heteroatoms. The third-order valence-electron chi connectivity index (χ3n) is 3.01. The first kappa shape index (κ1) is 13.1. The van der Waals surface area contributed by atoms with E-state index in [4.69, 9.17) is 5.73 Å². The maximum Gasteiger partial charge on any atom is 0.257 e. The van der Waals surface area contributed by atoms with Crippen molar-refractivity contribution < 1.29 is 4.79 Å². The third kappa shape index (κ3) is 2.91. The van der Waals surface area contributed by atoms with E-state index in [1.165, 1.54) is 0 Å². The summed E-state index contributed by atoms with van der Waals surface area (Å²) in [5.41, 5.74) is 9.96. The van der Waals surface area contributed by atoms with Crippen LogP contribution in [0.1, 0.15) is 27.0 Å². The Morgan fingerprint density at radius 3 is 2.53 bits per heavy atom. The smallest absolute Gasteiger partial charge is 0.257 e. The molecule has 1 amide bonds. The van der Waals surface area contributed by atoms with Gasteiger partial charge in [-0.1, -0.05) is 12.1 Å². The highest BCUT2D eigenvalue weighted by Crippen LogP contribution is 2.18. The van der Waals surface area contributed by atoms with E-state index in [0.717, 1.165) is 16.7 Å². The van der Waals surface area contributed by atoms with E-state index in [0.29, 0.717) is 17.1 Å². The molecule has 0 aliphatic carbocycles. The SMILES string of the molecule is Cc1ccc(NC(=O)c2cc(N)c(C)cc2C)nc1. The van der Waals surface area contributed by atoms with Gasteiger partial charge in [-0.05, 0) is 49.6 Å². The predicted molar refractivity (Wildman–Crippen MR) is 77.3 cm³/mol. The number of carbonyl (C=O) groups excluding carboxylic acids is 1. The number of pyridine rings is 1. The van der Waals surface area contributed by atoms with Crippen LogP contribution in [0, 0.1) is 20.8 Å². The second-order valence-electron chi connectivity index (χ2n) is 4.70. The van der Waals surface area contributed by atoms with Crippen LogP contribution in [0.3, 0.4) is 0 Å². The molecule has 0 saturated heterocycles. The van der Waals surface area contributed by atoms with Gasteiger partial charge < -0.3 is 11.1 Å². The van der Waals surface area contributed by atoms with Gasteiger partial charge in [0.25, 0.3) is 5.91 Å². The van der Waals surface area contributed by atoms with Crippen LogP contribution in [0.4, 0.5) is 11.5 Å². The number of hydrogen-bond acceptors (Lipinski definition) is 3. The summed E-state index contributed by atoms with van der Waals surface area (Å²) < 4.78 is 0. The van der Waals surface area contributed by atoms with Crippen LogP contribution >= 0.6 is 0 Å². The lowest BCUT2D eigenvalue weighted by atomic mass is 10.0. The minimum atomic E-state index is -0.194. The number of benzene rings is 1. The highest BCUT2D eigenvalue weighted by Gasteiger charge is 2.11. The molecular weight excluding hydrogens is 238 g/mol. The molecule has 19 heavy (non-hydrogen) atoms. The molecule has 0 aliphatic heterocycles. The topological polar surface area (TPSA) is 68.0 Å². The monoisotopic (exact) mass is 255 g/mol. The minimum absolute atomic E-state index is 0.194. The molecule has 0 saturated carbocycles. The molecule has 1 heterocycles. The average molecular weight is 255 g/mol. The fourth-order valence-corrected chi connectivity index (χ4v) is 1.84. The van der Waals surface area contributed by atoms with Gasteiger partial charge in [0.05, 0.1) is 0 Å². The second-order valence-corrected chi connectivity index (χ2v) is 4.70. The van der Waals surface area contributed by atoms with Gasteiger partial charge in [-0.25, -0.2) is 4.98 Å². The summed E-state index contributed by atoms with van der Waals surface area (Å²) in [4.78, 5) is 16.3. The zero-order valence-corrected chi connectivity index (χ0v) is 11.3. The number of anilines is 2. The highest BCUT2D eigenvalue weighted by molar-refractivity contribution is 6.05. The van der Waals surface area contributed by atoms with E-state index >= 15 is 0 Å². The zero-order valence-electron chi connectivity index (χ0n) is 11.3. The van der Waals surface area contributed by atoms with Crippen LogP contribution in [-0.2, 0) is 0 Å². The van der Waals surface area contributed by atoms with Crippen molar-refractivity contribution in [1.82, 2.24) is 4.98 Å². The number of amides is 1. The Bertz CT molecular complexity index is 618. The molecule has 0 radical (unpaired) electrons. The first-order valence-corrected chi connectivity index (χ1v) is 6.08. The van der Waals surface area contributed by atoms with Gasteiger partial charge in [0.2, 0.25) is 0 Å². The van der Waals surface area contributed by atoms with Gasteiger partial charge in [-0.15, -0.1) is 0 Å². The van der Waals surface area contributed by atoms with Gasteiger partial charge in [0.15, 0.2) is 0 Å². The van der Waals surface area contributed by atoms with Crippen molar-refractivity contribution in [3.8, 4) is 0 Å². The van der Waals surface area contributed by atoms with E-state index in [1.807, 2.05) is 32.9 Å². The predicted octanol–water partition coefficient (Wildman–Crippen LogP) is 2.84. The van der Waals surface area contributed by atoms with E-state index in [9.17, 15) is 4.79 Å². The number of aromatic nitrogens is 1. The number of carbonyl (C=O) groups is 1. The van der Waals surface area contributed by atoms with Gasteiger partial charge in [0.1, 0.15) is 5.82 Å². The van der Waals surface area contributed by atoms with Crippen LogP contribution < -0.4 is 11.1 Å². The number of aryl methyl sites for hydroxylation is 3. The van der Waals surface area contributed by atoms with E-state index in [-0.39, 0.29) is 5.91 Å². The lowest BCUT2D eigenvalue weighted by Gasteiger charge is -2.10. The fourth-order valence-electron chi connectivity index (χ4n) is 1.84. The van der Waals surface area contributed by atoms with Crippen molar-refractivity contribution in [3.05, 3.63) is 52.7 Å². The first-order chi connectivity index (χ1) is 8.97. The fraction of sp³-hybridized carbons (Fsp3) is 0.200. The summed E-state index contributed by atoms with van der Waals surface area (Å²) in [5, 5.41) is 2.77. The number of nitrogens with zero attached hydrogens (tertiary/aromatic N) is 1. The standard InChI is InChI=1S/C15H17N3O/c1-9-4-5-14(17-8-9)18-15(19)12-7-13(16)11(3)6-10(12)2/h4-8H,16H2,1-3H3,(H,17,18,19). The Balaban J connectivity index is 2.25. The first-order valence-electron chi connectivity index (χ1n) is 6.08. The molecule has 0 spiro atoms. The maximum absolute atomic E-state index is 12.2. The van der Waals surface area contributed by atoms with Crippen LogP contribution in [0.25, 0.3) is 0 Å². The number of hydrogen-bond donors (Lipinski definition) is 2. The Morgan fingerprint density at radius 1 is 1.16 bits per heavy atom. The van der Waals surface area contributed by atoms with Crippen molar-refractivity contribution in [2.45, 2.75) is 20.8 Å². The van der Waals surface area contributed by atoms with Crippen LogP contribution in [0.2, 0.25) is 0 Å². The van der Waals surface area contributed by atoms with Gasteiger partial charge >= 0.3 is 0 Å². The lowest BCUT2D eigenvalue weighted by molar-refractivity contribution is 0.102. The summed E-state index contributed by atoms with van der Waals surface area (Å²) in [6.45, 7) is 5.76. The molecule has 0 atom stereocenters. The van der Waals surface area contributed by atoms with E-state index in [1.54, 1.807) is 18.3 Å². The maximum atomic E-state index is 12.2. The van der Waals surface area contributed by atoms with E-state index < -0.39 is 0 Å². The lowest BCUT2D eigenvalue weighted by Crippen LogP contribution is -2.15. The van der Waals surface area contributed by atoms with Crippen LogP contribution in [0.5, 0.6) is 0 Å². The van der Waals surface area contributed by atoms with Crippen molar-refractivity contribution in [2.24, 2.45) is 0 Å². The van der Waals surface area contributed by atoms with Crippen LogP contribution in [0.15, 0.2) is 30.5 Å². The van der Waals surface area contributed by atoms with Gasteiger partial charge in [-0.3, -0.25) is 4.79 Å². The largest absolute Gasteiger partial charge is 0.398 e. The van der Waals surface area contributed by atoms with Crippen LogP contribution in [-0.4, -0.2) is 10.9 Å². The van der Waals surface area contributed by atoms with Crippen molar-refractivity contribution in [2.75, 3.05) is 11.1 Å². The Kier molecular flexibility index (Phi) is 3.51. The molecule has 0 unspecified atom stereocenters. The third-order valence-corrected chi connectivity index (χ3v) is 3.01. The van der Waals surface area contributed by atoms with Crippen molar-refractivity contribution >= 4 is 17.4 Å². The normalized spacial score (nSPS) is 10.3. The molecule has 0 bridgehead atoms. The molecule has 1 aromatic heterocycles. The second kappa shape index (κ2) is 5.10. The van der Waals surface area contributed by atoms with Gasteiger partial charge in [-0.2, -0.15) is 0 Å². The summed E-state index contributed by atoms with van der Waals surface area (Å²) in [5.74, 6) is 0.342. The zero-order chi connectivity index (χ0) is 14.0. The van der Waals surface area contributed by atoms with Crippen molar-refractivity contribution in [3.63, 3.8) is 0 Å². The molecule has 0 fully saturated rings. The molecule has 2 aromatic rings.